The van der Waals surface area contributed by atoms with Crippen LogP contribution in [0.15, 0.2) is 93.9 Å². The van der Waals surface area contributed by atoms with Gasteiger partial charge >= 0.3 is 5.97 Å². The van der Waals surface area contributed by atoms with E-state index in [2.05, 4.69) is 4.99 Å². The van der Waals surface area contributed by atoms with E-state index in [1.165, 1.54) is 11.3 Å². The molecule has 6 nitrogen and oxygen atoms in total. The van der Waals surface area contributed by atoms with Gasteiger partial charge in [0.1, 0.15) is 12.4 Å². The summed E-state index contributed by atoms with van der Waals surface area (Å²) in [7, 11) is 0. The van der Waals surface area contributed by atoms with Gasteiger partial charge in [0.15, 0.2) is 4.80 Å². The van der Waals surface area contributed by atoms with Crippen LogP contribution in [0.1, 0.15) is 36.6 Å². The average molecular weight is 580 g/mol. The summed E-state index contributed by atoms with van der Waals surface area (Å²) < 4.78 is 13.4. The van der Waals surface area contributed by atoms with Crippen molar-refractivity contribution < 1.29 is 14.3 Å². The monoisotopic (exact) mass is 578 g/mol. The molecule has 0 saturated heterocycles. The summed E-state index contributed by atoms with van der Waals surface area (Å²) >= 11 is 13.4. The van der Waals surface area contributed by atoms with Gasteiger partial charge in [0.2, 0.25) is 0 Å². The van der Waals surface area contributed by atoms with Gasteiger partial charge in [-0.2, -0.15) is 0 Å². The number of rotatable bonds is 7. The Labute approximate surface area is 239 Å². The van der Waals surface area contributed by atoms with Crippen LogP contribution in [-0.2, 0) is 16.1 Å². The molecule has 0 radical (unpaired) electrons. The summed E-state index contributed by atoms with van der Waals surface area (Å²) in [4.78, 5) is 32.0. The Balaban J connectivity index is 1.59. The van der Waals surface area contributed by atoms with Crippen molar-refractivity contribution in [1.29, 1.82) is 0 Å². The Bertz CT molecular complexity index is 1740. The van der Waals surface area contributed by atoms with Crippen molar-refractivity contribution in [3.05, 3.63) is 130 Å². The molecule has 39 heavy (non-hydrogen) atoms. The quantitative estimate of drug-likeness (QED) is 0.264. The van der Waals surface area contributed by atoms with Crippen LogP contribution in [0.25, 0.3) is 6.08 Å². The maximum Gasteiger partial charge on any atom is 0.338 e. The molecule has 1 aliphatic rings. The van der Waals surface area contributed by atoms with Crippen LogP contribution in [0.2, 0.25) is 10.0 Å². The largest absolute Gasteiger partial charge is 0.488 e. The zero-order valence-electron chi connectivity index (χ0n) is 21.2. The van der Waals surface area contributed by atoms with Crippen LogP contribution < -0.4 is 19.6 Å². The van der Waals surface area contributed by atoms with Crippen molar-refractivity contribution in [2.45, 2.75) is 26.5 Å². The molecule has 1 aromatic heterocycles. The number of allylic oxidation sites excluding steroid dienone is 1. The van der Waals surface area contributed by atoms with E-state index in [-0.39, 0.29) is 12.2 Å². The van der Waals surface area contributed by atoms with Crippen LogP contribution in [-0.4, -0.2) is 17.1 Å². The van der Waals surface area contributed by atoms with Crippen molar-refractivity contribution in [2.75, 3.05) is 6.61 Å². The van der Waals surface area contributed by atoms with E-state index < -0.39 is 12.0 Å². The molecule has 1 atom stereocenters. The third-order valence-corrected chi connectivity index (χ3v) is 7.70. The van der Waals surface area contributed by atoms with Gasteiger partial charge in [0.05, 0.1) is 28.5 Å². The number of carbonyl (C=O) groups excluding carboxylic acids is 1. The summed E-state index contributed by atoms with van der Waals surface area (Å²) in [6.07, 6.45) is 1.79. The fourth-order valence-corrected chi connectivity index (χ4v) is 5.66. The van der Waals surface area contributed by atoms with Crippen molar-refractivity contribution in [2.24, 2.45) is 4.99 Å². The topological polar surface area (TPSA) is 69.9 Å². The van der Waals surface area contributed by atoms with Gasteiger partial charge in [-0.05, 0) is 61.4 Å². The van der Waals surface area contributed by atoms with Gasteiger partial charge in [-0.15, -0.1) is 0 Å². The summed E-state index contributed by atoms with van der Waals surface area (Å²) in [5.74, 6) is 0.129. The first kappa shape index (κ1) is 26.9. The molecule has 0 fully saturated rings. The van der Waals surface area contributed by atoms with E-state index in [1.807, 2.05) is 60.7 Å². The second-order valence-corrected chi connectivity index (χ2v) is 10.7. The molecule has 198 valence electrons. The number of nitrogens with zero attached hydrogens (tertiary/aromatic N) is 2. The van der Waals surface area contributed by atoms with Gasteiger partial charge in [0.25, 0.3) is 5.56 Å². The molecule has 0 unspecified atom stereocenters. The summed E-state index contributed by atoms with van der Waals surface area (Å²) in [6, 6.07) is 21.3. The molecule has 0 saturated carbocycles. The van der Waals surface area contributed by atoms with Crippen molar-refractivity contribution in [3.63, 3.8) is 0 Å². The Hall–Kier alpha value is -3.65. The molecule has 4 aromatic rings. The van der Waals surface area contributed by atoms with Crippen molar-refractivity contribution >= 4 is 46.6 Å². The SMILES string of the molecule is CCOC(=O)C1=C(C)N=c2s/c(=C/c3ccccc3OCc3ccc(Cl)cc3)c(=O)n2[C@H]1c1ccc(Cl)cc1. The highest BCUT2D eigenvalue weighted by molar-refractivity contribution is 7.07. The number of carbonyl (C=O) groups is 1. The average Bonchev–Trinajstić information content (AvgIpc) is 3.23. The maximum absolute atomic E-state index is 13.9. The smallest absolute Gasteiger partial charge is 0.338 e. The van der Waals surface area contributed by atoms with Crippen LogP contribution in [0.3, 0.4) is 0 Å². The molecule has 5 rings (SSSR count). The molecule has 3 aromatic carbocycles. The van der Waals surface area contributed by atoms with Gasteiger partial charge < -0.3 is 9.47 Å². The highest BCUT2D eigenvalue weighted by Gasteiger charge is 2.33. The molecule has 9 heteroatoms. The molecule has 1 aliphatic heterocycles. The van der Waals surface area contributed by atoms with E-state index >= 15 is 0 Å². The summed E-state index contributed by atoms with van der Waals surface area (Å²) in [5, 5.41) is 1.22. The lowest BCUT2D eigenvalue weighted by Crippen LogP contribution is -2.39. The zero-order chi connectivity index (χ0) is 27.5. The number of para-hydroxylation sites is 1. The fraction of sp³-hybridized carbons (Fsp3) is 0.167. The van der Waals surface area contributed by atoms with Gasteiger partial charge in [0, 0.05) is 15.6 Å². The number of esters is 1. The van der Waals surface area contributed by atoms with E-state index in [0.717, 1.165) is 16.7 Å². The van der Waals surface area contributed by atoms with E-state index in [1.54, 1.807) is 36.6 Å². The van der Waals surface area contributed by atoms with Crippen LogP contribution >= 0.6 is 34.5 Å². The maximum atomic E-state index is 13.9. The van der Waals surface area contributed by atoms with E-state index in [9.17, 15) is 9.59 Å². The van der Waals surface area contributed by atoms with Gasteiger partial charge in [-0.3, -0.25) is 9.36 Å². The number of hydrogen-bond donors (Lipinski definition) is 0. The lowest BCUT2D eigenvalue weighted by molar-refractivity contribution is -0.139. The molecule has 0 aliphatic carbocycles. The molecular formula is C30H24Cl2N2O4S. The first-order valence-electron chi connectivity index (χ1n) is 12.3. The number of fused-ring (bicyclic) bond motifs is 1. The standard InChI is InChI=1S/C30H24Cl2N2O4S/c1-3-37-29(36)26-18(2)33-30-34(27(26)20-10-14-23(32)15-11-20)28(35)25(39-30)16-21-6-4-5-7-24(21)38-17-19-8-12-22(31)13-9-19/h4-16,27H,3,17H2,1-2H3/b25-16+/t27-/m0/s1. The number of aromatic nitrogens is 1. The summed E-state index contributed by atoms with van der Waals surface area (Å²) in [5.41, 5.74) is 3.02. The lowest BCUT2D eigenvalue weighted by Gasteiger charge is -2.24. The predicted molar refractivity (Wildman–Crippen MR) is 154 cm³/mol. The molecular weight excluding hydrogens is 555 g/mol. The van der Waals surface area contributed by atoms with Crippen molar-refractivity contribution in [3.8, 4) is 5.75 Å². The third kappa shape index (κ3) is 5.71. The molecule has 2 heterocycles. The van der Waals surface area contributed by atoms with Gasteiger partial charge in [-0.25, -0.2) is 9.79 Å². The minimum Gasteiger partial charge on any atom is -0.488 e. The minimum atomic E-state index is -0.698. The van der Waals surface area contributed by atoms with Gasteiger partial charge in [-0.1, -0.05) is 77.0 Å². The molecule has 0 bridgehead atoms. The minimum absolute atomic E-state index is 0.209. The number of hydrogen-bond acceptors (Lipinski definition) is 6. The highest BCUT2D eigenvalue weighted by Crippen LogP contribution is 2.31. The number of thiazole rings is 1. The van der Waals surface area contributed by atoms with Crippen LogP contribution in [0.5, 0.6) is 5.75 Å². The van der Waals surface area contributed by atoms with Crippen molar-refractivity contribution in [1.82, 2.24) is 4.57 Å². The second-order valence-electron chi connectivity index (χ2n) is 8.81. The first-order valence-corrected chi connectivity index (χ1v) is 13.8. The predicted octanol–water partition coefficient (Wildman–Crippen LogP) is 5.68. The Morgan fingerprint density at radius 3 is 2.38 bits per heavy atom. The summed E-state index contributed by atoms with van der Waals surface area (Å²) in [6.45, 7) is 4.06. The number of benzene rings is 3. The Morgan fingerprint density at radius 2 is 1.69 bits per heavy atom. The Morgan fingerprint density at radius 1 is 1.03 bits per heavy atom. The molecule has 0 N–H and O–H groups in total. The highest BCUT2D eigenvalue weighted by atomic mass is 35.5. The van der Waals surface area contributed by atoms with Crippen LogP contribution in [0, 0.1) is 0 Å². The fourth-order valence-electron chi connectivity index (χ4n) is 4.37. The first-order chi connectivity index (χ1) is 18.9. The normalized spacial score (nSPS) is 15.1. The molecule has 0 amide bonds. The lowest BCUT2D eigenvalue weighted by atomic mass is 9.96. The number of ether oxygens (including phenoxy) is 2. The number of halogens is 2. The Kier molecular flexibility index (Phi) is 8.02. The van der Waals surface area contributed by atoms with E-state index in [0.29, 0.717) is 43.0 Å². The van der Waals surface area contributed by atoms with Crippen LogP contribution in [0.4, 0.5) is 0 Å². The zero-order valence-corrected chi connectivity index (χ0v) is 23.5. The second kappa shape index (κ2) is 11.6. The molecule has 0 spiro atoms. The van der Waals surface area contributed by atoms with E-state index in [4.69, 9.17) is 32.7 Å². The third-order valence-electron chi connectivity index (χ3n) is 6.22.